The van der Waals surface area contributed by atoms with Crippen LogP contribution in [0.4, 0.5) is 21.2 Å². The molecular weight excluding hydrogens is 568 g/mol. The summed E-state index contributed by atoms with van der Waals surface area (Å²) >= 11 is 8.09. The fraction of sp³-hybridized carbons (Fsp3) is 0.406. The summed E-state index contributed by atoms with van der Waals surface area (Å²) in [6, 6.07) is 10.3. The first-order valence-corrected chi connectivity index (χ1v) is 15.9. The third-order valence-electron chi connectivity index (χ3n) is 7.63. The molecule has 4 heterocycles. The van der Waals surface area contributed by atoms with Crippen LogP contribution >= 0.6 is 22.9 Å². The molecule has 3 aromatic rings. The van der Waals surface area contributed by atoms with Crippen LogP contribution in [0.2, 0.25) is 0 Å². The number of aromatic nitrogens is 1. The van der Waals surface area contributed by atoms with Crippen molar-refractivity contribution >= 4 is 51.2 Å². The first-order chi connectivity index (χ1) is 20.4. The van der Waals surface area contributed by atoms with Crippen LogP contribution in [0.25, 0.3) is 0 Å². The van der Waals surface area contributed by atoms with E-state index in [2.05, 4.69) is 33.1 Å². The molecule has 1 saturated heterocycles. The number of fused-ring (bicyclic) bond motifs is 4. The summed E-state index contributed by atoms with van der Waals surface area (Å²) < 4.78 is 6.38. The van der Waals surface area contributed by atoms with Gasteiger partial charge in [0.05, 0.1) is 28.5 Å². The number of nitrogens with one attached hydrogen (secondary N) is 3. The Labute approximate surface area is 257 Å². The molecule has 2 aromatic heterocycles. The monoisotopic (exact) mass is 606 g/mol. The van der Waals surface area contributed by atoms with E-state index >= 15 is 0 Å². The second kappa shape index (κ2) is 14.1. The van der Waals surface area contributed by atoms with Gasteiger partial charge in [0.15, 0.2) is 0 Å². The maximum atomic E-state index is 12.7. The highest BCUT2D eigenvalue weighted by atomic mass is 35.5. The molecule has 10 heteroatoms. The van der Waals surface area contributed by atoms with Crippen LogP contribution in [0, 0.1) is 12.8 Å². The van der Waals surface area contributed by atoms with E-state index < -0.39 is 0 Å². The lowest BCUT2D eigenvalue weighted by Crippen LogP contribution is -2.41. The maximum absolute atomic E-state index is 12.7. The van der Waals surface area contributed by atoms with Crippen LogP contribution in [-0.4, -0.2) is 47.6 Å². The standard InChI is InChI=1S/C32H39ClN6O2S/c1-4-28(33)31-36-22(3)35-27-16-24(18-34-19-27)5-6-25-17-26(37-31)7-8-29(25)41-14-11-23-9-12-39(13-10-23)32(40)38-30-15-21(2)20-42-30/h4,7-8,15-20,22-23,35H,5-6,9-14H2,1-3H3,(H,36,37)(H,38,40)/b28-4+. The fourth-order valence-corrected chi connectivity index (χ4v) is 6.19. The highest BCUT2D eigenvalue weighted by Gasteiger charge is 2.23. The highest BCUT2D eigenvalue weighted by Crippen LogP contribution is 2.28. The molecule has 2 aliphatic heterocycles. The van der Waals surface area contributed by atoms with E-state index in [0.717, 1.165) is 78.4 Å². The van der Waals surface area contributed by atoms with E-state index in [0.29, 0.717) is 23.4 Å². The Morgan fingerprint density at radius 3 is 2.79 bits per heavy atom. The van der Waals surface area contributed by atoms with E-state index in [-0.39, 0.29) is 12.2 Å². The number of urea groups is 1. The van der Waals surface area contributed by atoms with Crippen LogP contribution in [0.5, 0.6) is 5.75 Å². The molecular formula is C32H39ClN6O2S. The Kier molecular flexibility index (Phi) is 10.0. The topological polar surface area (TPSA) is 90.9 Å². The Balaban J connectivity index is 1.21. The second-order valence-corrected chi connectivity index (χ2v) is 12.3. The number of thiophene rings is 1. The SMILES string of the molecule is C/C=C(Cl)\C1=N/C(C)Nc2cncc(c2)CCc2cc(ccc2OCCC2CCN(C(=O)Nc3cc(C)cs3)CC2)N1. The van der Waals surface area contributed by atoms with Gasteiger partial charge < -0.3 is 20.3 Å². The summed E-state index contributed by atoms with van der Waals surface area (Å²) in [5, 5.41) is 13.4. The summed E-state index contributed by atoms with van der Waals surface area (Å²) in [6.45, 7) is 8.10. The number of carbonyl (C=O) groups excluding carboxylic acids is 1. The number of nitrogens with zero attached hydrogens (tertiary/aromatic N) is 3. The summed E-state index contributed by atoms with van der Waals surface area (Å²) in [5.74, 6) is 2.03. The maximum Gasteiger partial charge on any atom is 0.322 e. The average Bonchev–Trinajstić information content (AvgIpc) is 3.40. The molecule has 222 valence electrons. The lowest BCUT2D eigenvalue weighted by Gasteiger charge is -2.32. The van der Waals surface area contributed by atoms with Gasteiger partial charge in [-0.3, -0.25) is 10.3 Å². The molecule has 3 N–H and O–H groups in total. The van der Waals surface area contributed by atoms with Crippen LogP contribution in [0.1, 0.15) is 49.8 Å². The quantitative estimate of drug-likeness (QED) is 0.268. The predicted molar refractivity (Wildman–Crippen MR) is 174 cm³/mol. The summed E-state index contributed by atoms with van der Waals surface area (Å²) in [4.78, 5) is 23.8. The molecule has 42 heavy (non-hydrogen) atoms. The van der Waals surface area contributed by atoms with Gasteiger partial charge in [0, 0.05) is 25.0 Å². The number of carbonyl (C=O) groups is 1. The van der Waals surface area contributed by atoms with E-state index in [9.17, 15) is 4.79 Å². The molecule has 8 nitrogen and oxygen atoms in total. The number of piperidine rings is 1. The molecule has 4 bridgehead atoms. The number of aryl methyl sites for hydroxylation is 3. The molecule has 2 aliphatic rings. The molecule has 2 amide bonds. The number of ether oxygens (including phenoxy) is 1. The highest BCUT2D eigenvalue weighted by molar-refractivity contribution is 7.14. The number of pyridine rings is 1. The largest absolute Gasteiger partial charge is 0.493 e. The van der Waals surface area contributed by atoms with Crippen molar-refractivity contribution in [2.24, 2.45) is 10.9 Å². The summed E-state index contributed by atoms with van der Waals surface area (Å²) in [6.07, 6.45) is 9.94. The fourth-order valence-electron chi connectivity index (χ4n) is 5.31. The average molecular weight is 607 g/mol. The first-order valence-electron chi connectivity index (χ1n) is 14.6. The molecule has 0 saturated carbocycles. The number of aliphatic imine (C=N–C) groups is 1. The molecule has 0 aliphatic carbocycles. The van der Waals surface area contributed by atoms with Crippen LogP contribution in [-0.2, 0) is 12.8 Å². The second-order valence-electron chi connectivity index (χ2n) is 11.0. The summed E-state index contributed by atoms with van der Waals surface area (Å²) in [7, 11) is 0. The van der Waals surface area contributed by atoms with Crippen LogP contribution in [0.3, 0.4) is 0 Å². The molecule has 1 atom stereocenters. The third kappa shape index (κ3) is 8.04. The van der Waals surface area contributed by atoms with Crippen molar-refractivity contribution in [2.75, 3.05) is 35.6 Å². The zero-order valence-electron chi connectivity index (χ0n) is 24.5. The van der Waals surface area contributed by atoms with Gasteiger partial charge in [0.1, 0.15) is 17.8 Å². The van der Waals surface area contributed by atoms with Crippen LogP contribution < -0.4 is 20.7 Å². The molecule has 0 radical (unpaired) electrons. The predicted octanol–water partition coefficient (Wildman–Crippen LogP) is 7.67. The summed E-state index contributed by atoms with van der Waals surface area (Å²) in [5.41, 5.74) is 5.28. The van der Waals surface area contributed by atoms with Crippen molar-refractivity contribution in [3.63, 3.8) is 0 Å². The van der Waals surface area contributed by atoms with E-state index in [1.165, 1.54) is 5.56 Å². The Bertz CT molecular complexity index is 1450. The number of hydrogen-bond donors (Lipinski definition) is 3. The van der Waals surface area contributed by atoms with Crippen molar-refractivity contribution in [3.05, 3.63) is 75.9 Å². The van der Waals surface area contributed by atoms with Crippen molar-refractivity contribution in [2.45, 2.75) is 59.0 Å². The van der Waals surface area contributed by atoms with Gasteiger partial charge in [0.2, 0.25) is 0 Å². The van der Waals surface area contributed by atoms with Crippen molar-refractivity contribution in [1.29, 1.82) is 0 Å². The number of anilines is 3. The van der Waals surface area contributed by atoms with Gasteiger partial charge in [-0.2, -0.15) is 0 Å². The number of amidine groups is 1. The Morgan fingerprint density at radius 1 is 1.19 bits per heavy atom. The molecule has 0 spiro atoms. The zero-order chi connectivity index (χ0) is 29.5. The van der Waals surface area contributed by atoms with Gasteiger partial charge in [-0.05, 0) is 111 Å². The van der Waals surface area contributed by atoms with Crippen LogP contribution in [0.15, 0.2) is 64.2 Å². The lowest BCUT2D eigenvalue weighted by atomic mass is 9.94. The van der Waals surface area contributed by atoms with Gasteiger partial charge in [-0.25, -0.2) is 9.79 Å². The Morgan fingerprint density at radius 2 is 2.02 bits per heavy atom. The van der Waals surface area contributed by atoms with Gasteiger partial charge in [0.25, 0.3) is 0 Å². The van der Waals surface area contributed by atoms with Crippen molar-refractivity contribution < 1.29 is 9.53 Å². The normalized spacial score (nSPS) is 19.2. The minimum absolute atomic E-state index is 0.00449. The zero-order valence-corrected chi connectivity index (χ0v) is 26.0. The number of hydrogen-bond acceptors (Lipinski definition) is 7. The first kappa shape index (κ1) is 29.9. The molecule has 1 unspecified atom stereocenters. The number of rotatable bonds is 6. The minimum atomic E-state index is -0.201. The molecule has 1 aromatic carbocycles. The van der Waals surface area contributed by atoms with E-state index in [1.807, 2.05) is 67.7 Å². The number of likely N-dealkylation sites (tertiary alicyclic amines) is 1. The number of benzene rings is 1. The van der Waals surface area contributed by atoms with E-state index in [4.69, 9.17) is 21.3 Å². The minimum Gasteiger partial charge on any atom is -0.493 e. The number of amides is 2. The molecule has 5 rings (SSSR count). The number of allylic oxidation sites excluding steroid dienone is 1. The van der Waals surface area contributed by atoms with Gasteiger partial charge in [-0.15, -0.1) is 11.3 Å². The van der Waals surface area contributed by atoms with Crippen molar-refractivity contribution in [3.8, 4) is 5.75 Å². The lowest BCUT2D eigenvalue weighted by molar-refractivity contribution is 0.170. The number of halogens is 1. The molecule has 1 fully saturated rings. The smallest absolute Gasteiger partial charge is 0.322 e. The van der Waals surface area contributed by atoms with Gasteiger partial charge in [-0.1, -0.05) is 17.7 Å². The van der Waals surface area contributed by atoms with Crippen molar-refractivity contribution in [1.82, 2.24) is 9.88 Å². The van der Waals surface area contributed by atoms with E-state index in [1.54, 1.807) is 11.3 Å². The van der Waals surface area contributed by atoms with Gasteiger partial charge >= 0.3 is 6.03 Å². The Hall–Kier alpha value is -3.56. The third-order valence-corrected chi connectivity index (χ3v) is 8.99.